The standard InChI is InChI=1S/C22H18ClF2N5O2/c1-22(13-11-27-30(2)12-13,20-15(23)4-3-8-26-20)10-14-16(24)5-6-17(19(14)25)28-21(31)18-7-9-32-29-18/h3-9,11-12H,10H2,1-2H3,(H,28,31). The Balaban J connectivity index is 1.77. The van der Waals surface area contributed by atoms with Crippen LogP contribution in [0, 0.1) is 11.6 Å². The molecule has 32 heavy (non-hydrogen) atoms. The van der Waals surface area contributed by atoms with Gasteiger partial charge in [0.2, 0.25) is 0 Å². The van der Waals surface area contributed by atoms with Gasteiger partial charge in [0.15, 0.2) is 11.5 Å². The first kappa shape index (κ1) is 21.6. The third-order valence-corrected chi connectivity index (χ3v) is 5.56. The van der Waals surface area contributed by atoms with E-state index in [0.717, 1.165) is 12.1 Å². The van der Waals surface area contributed by atoms with Gasteiger partial charge in [-0.05, 0) is 37.6 Å². The minimum atomic E-state index is -1.01. The van der Waals surface area contributed by atoms with Crippen molar-refractivity contribution in [2.45, 2.75) is 18.8 Å². The fraction of sp³-hybridized carbons (Fsp3) is 0.182. The lowest BCUT2D eigenvalue weighted by Gasteiger charge is -2.29. The maximum absolute atomic E-state index is 15.4. The molecule has 1 aromatic carbocycles. The molecule has 1 N–H and O–H groups in total. The van der Waals surface area contributed by atoms with Gasteiger partial charge in [0.25, 0.3) is 5.91 Å². The fourth-order valence-corrected chi connectivity index (χ4v) is 3.88. The SMILES string of the molecule is Cn1cc(C(C)(Cc2c(F)ccc(NC(=O)c3ccon3)c2F)c2ncccc2Cl)cn1. The van der Waals surface area contributed by atoms with Crippen LogP contribution < -0.4 is 5.32 Å². The molecule has 0 aliphatic heterocycles. The van der Waals surface area contributed by atoms with Gasteiger partial charge in [-0.1, -0.05) is 16.8 Å². The van der Waals surface area contributed by atoms with Gasteiger partial charge in [-0.15, -0.1) is 0 Å². The molecule has 0 bridgehead atoms. The number of rotatable bonds is 6. The van der Waals surface area contributed by atoms with E-state index in [2.05, 4.69) is 25.1 Å². The van der Waals surface area contributed by atoms with Gasteiger partial charge >= 0.3 is 0 Å². The first-order valence-corrected chi connectivity index (χ1v) is 9.96. The van der Waals surface area contributed by atoms with E-state index >= 15 is 4.39 Å². The summed E-state index contributed by atoms with van der Waals surface area (Å²) in [5.74, 6) is -2.34. The minimum absolute atomic E-state index is 0.0317. The number of aryl methyl sites for hydroxylation is 1. The van der Waals surface area contributed by atoms with Crippen LogP contribution in [0.15, 0.2) is 59.7 Å². The number of amides is 1. The van der Waals surface area contributed by atoms with Crippen LogP contribution in [0.4, 0.5) is 14.5 Å². The quantitative estimate of drug-likeness (QED) is 0.459. The lowest BCUT2D eigenvalue weighted by Crippen LogP contribution is -2.29. The summed E-state index contributed by atoms with van der Waals surface area (Å²) in [4.78, 5) is 16.7. The highest BCUT2D eigenvalue weighted by Gasteiger charge is 2.36. The maximum atomic E-state index is 15.4. The van der Waals surface area contributed by atoms with Crippen LogP contribution in [0.5, 0.6) is 0 Å². The van der Waals surface area contributed by atoms with Crippen molar-refractivity contribution in [3.8, 4) is 0 Å². The number of carbonyl (C=O) groups excluding carboxylic acids is 1. The van der Waals surface area contributed by atoms with Crippen LogP contribution >= 0.6 is 11.6 Å². The van der Waals surface area contributed by atoms with Crippen molar-refractivity contribution in [3.63, 3.8) is 0 Å². The molecule has 1 atom stereocenters. The lowest BCUT2D eigenvalue weighted by atomic mass is 9.75. The molecule has 4 rings (SSSR count). The summed E-state index contributed by atoms with van der Waals surface area (Å²) in [6.07, 6.45) is 6.02. The van der Waals surface area contributed by atoms with Gasteiger partial charge in [-0.3, -0.25) is 14.5 Å². The molecule has 3 heterocycles. The summed E-state index contributed by atoms with van der Waals surface area (Å²) < 4.78 is 36.5. The largest absolute Gasteiger partial charge is 0.364 e. The van der Waals surface area contributed by atoms with Crippen LogP contribution in [0.3, 0.4) is 0 Å². The zero-order valence-electron chi connectivity index (χ0n) is 17.1. The first-order valence-electron chi connectivity index (χ1n) is 9.58. The molecule has 0 saturated heterocycles. The molecule has 1 unspecified atom stereocenters. The highest BCUT2D eigenvalue weighted by Crippen LogP contribution is 2.39. The zero-order valence-corrected chi connectivity index (χ0v) is 17.9. The summed E-state index contributed by atoms with van der Waals surface area (Å²) in [5, 5.41) is 10.5. The first-order chi connectivity index (χ1) is 15.3. The maximum Gasteiger partial charge on any atom is 0.277 e. The molecule has 0 radical (unpaired) electrons. The smallest absolute Gasteiger partial charge is 0.277 e. The molecule has 164 valence electrons. The Morgan fingerprint density at radius 3 is 2.75 bits per heavy atom. The van der Waals surface area contributed by atoms with Crippen LogP contribution in [-0.2, 0) is 18.9 Å². The second-order valence-corrected chi connectivity index (χ2v) is 7.88. The highest BCUT2D eigenvalue weighted by atomic mass is 35.5. The molecular weight excluding hydrogens is 440 g/mol. The third-order valence-electron chi connectivity index (χ3n) is 5.26. The number of benzene rings is 1. The Bertz CT molecular complexity index is 1280. The number of hydrogen-bond acceptors (Lipinski definition) is 5. The van der Waals surface area contributed by atoms with E-state index in [4.69, 9.17) is 11.6 Å². The molecule has 0 spiro atoms. The van der Waals surface area contributed by atoms with Gasteiger partial charge in [0, 0.05) is 42.0 Å². The Labute approximate surface area is 187 Å². The van der Waals surface area contributed by atoms with Crippen molar-refractivity contribution < 1.29 is 18.1 Å². The van der Waals surface area contributed by atoms with E-state index in [0.29, 0.717) is 16.3 Å². The molecule has 0 aliphatic carbocycles. The molecule has 4 aromatic rings. The number of aromatic nitrogens is 4. The summed E-state index contributed by atoms with van der Waals surface area (Å²) in [5.41, 5.74) is -0.327. The number of nitrogens with zero attached hydrogens (tertiary/aromatic N) is 4. The van der Waals surface area contributed by atoms with Gasteiger partial charge in [-0.2, -0.15) is 5.10 Å². The Morgan fingerprint density at radius 1 is 1.28 bits per heavy atom. The predicted octanol–water partition coefficient (Wildman–Crippen LogP) is 4.54. The van der Waals surface area contributed by atoms with Gasteiger partial charge in [-0.25, -0.2) is 8.78 Å². The van der Waals surface area contributed by atoms with E-state index < -0.39 is 23.0 Å². The highest BCUT2D eigenvalue weighted by molar-refractivity contribution is 6.31. The monoisotopic (exact) mass is 457 g/mol. The molecular formula is C22H18ClF2N5O2. The number of anilines is 1. The second kappa shape index (κ2) is 8.51. The number of pyridine rings is 1. The van der Waals surface area contributed by atoms with Crippen molar-refractivity contribution in [1.29, 1.82) is 0 Å². The minimum Gasteiger partial charge on any atom is -0.364 e. The van der Waals surface area contributed by atoms with Crippen molar-refractivity contribution in [2.24, 2.45) is 7.05 Å². The molecule has 0 saturated carbocycles. The molecule has 7 nitrogen and oxygen atoms in total. The van der Waals surface area contributed by atoms with Crippen molar-refractivity contribution in [2.75, 3.05) is 5.32 Å². The van der Waals surface area contributed by atoms with Crippen LogP contribution in [-0.4, -0.2) is 25.8 Å². The van der Waals surface area contributed by atoms with Crippen LogP contribution in [0.1, 0.15) is 34.2 Å². The lowest BCUT2D eigenvalue weighted by molar-refractivity contribution is 0.101. The van der Waals surface area contributed by atoms with E-state index in [-0.39, 0.29) is 23.4 Å². The van der Waals surface area contributed by atoms with Crippen molar-refractivity contribution in [3.05, 3.63) is 94.4 Å². The normalized spacial score (nSPS) is 13.0. The average Bonchev–Trinajstić information content (AvgIpc) is 3.46. The van der Waals surface area contributed by atoms with Gasteiger partial charge < -0.3 is 9.84 Å². The van der Waals surface area contributed by atoms with E-state index in [1.807, 2.05) is 0 Å². The summed E-state index contributed by atoms with van der Waals surface area (Å²) >= 11 is 6.42. The molecule has 0 aliphatic rings. The van der Waals surface area contributed by atoms with Crippen molar-refractivity contribution in [1.82, 2.24) is 19.9 Å². The van der Waals surface area contributed by atoms with E-state index in [1.54, 1.807) is 49.4 Å². The predicted molar refractivity (Wildman–Crippen MR) is 113 cm³/mol. The Kier molecular flexibility index (Phi) is 5.75. The Hall–Kier alpha value is -3.59. The second-order valence-electron chi connectivity index (χ2n) is 7.47. The topological polar surface area (TPSA) is 85.8 Å². The zero-order chi connectivity index (χ0) is 22.9. The molecule has 0 fully saturated rings. The molecule has 10 heteroatoms. The fourth-order valence-electron chi connectivity index (χ4n) is 3.55. The van der Waals surface area contributed by atoms with Crippen LogP contribution in [0.2, 0.25) is 5.02 Å². The average molecular weight is 458 g/mol. The third kappa shape index (κ3) is 3.99. The number of nitrogens with one attached hydrogen (secondary N) is 1. The van der Waals surface area contributed by atoms with E-state index in [1.165, 1.54) is 12.3 Å². The Morgan fingerprint density at radius 2 is 2.09 bits per heavy atom. The summed E-state index contributed by atoms with van der Waals surface area (Å²) in [6, 6.07) is 6.93. The number of carbonyl (C=O) groups is 1. The van der Waals surface area contributed by atoms with E-state index in [9.17, 15) is 9.18 Å². The van der Waals surface area contributed by atoms with Crippen molar-refractivity contribution >= 4 is 23.2 Å². The molecule has 1 amide bonds. The van der Waals surface area contributed by atoms with Crippen LogP contribution in [0.25, 0.3) is 0 Å². The number of hydrogen-bond donors (Lipinski definition) is 1. The van der Waals surface area contributed by atoms with Gasteiger partial charge in [0.05, 0.1) is 22.6 Å². The van der Waals surface area contributed by atoms with Gasteiger partial charge in [0.1, 0.15) is 12.1 Å². The summed E-state index contributed by atoms with van der Waals surface area (Å²) in [6.45, 7) is 1.79. The molecule has 3 aromatic heterocycles. The number of halogens is 3. The summed E-state index contributed by atoms with van der Waals surface area (Å²) in [7, 11) is 1.74.